The number of carbonyl (C=O) groups excluding carboxylic acids is 1. The third-order valence-corrected chi connectivity index (χ3v) is 3.61. The van der Waals surface area contributed by atoms with Gasteiger partial charge < -0.3 is 5.32 Å². The Bertz CT molecular complexity index is 423. The minimum absolute atomic E-state index is 0.127. The molecule has 1 amide bonds. The lowest BCUT2D eigenvalue weighted by molar-refractivity contribution is -0.116. The minimum Gasteiger partial charge on any atom is -0.324 e. The average Bonchev–Trinajstić information content (AvgIpc) is 2.28. The molecule has 0 heterocycles. The SMILES string of the molecule is CC(C)C(Br)C(=O)Nc1ccccc1C#N. The maximum Gasteiger partial charge on any atom is 0.238 e. The Balaban J connectivity index is 2.82. The molecule has 1 unspecified atom stereocenters. The molecule has 0 fully saturated rings. The number of para-hydroxylation sites is 1. The molecular weight excluding hydrogens is 268 g/mol. The summed E-state index contributed by atoms with van der Waals surface area (Å²) in [6.07, 6.45) is 0. The molecular formula is C12H13BrN2O. The second-order valence-corrected chi connectivity index (χ2v) is 4.78. The minimum atomic E-state index is -0.251. The van der Waals surface area contributed by atoms with E-state index >= 15 is 0 Å². The van der Waals surface area contributed by atoms with E-state index in [1.165, 1.54) is 0 Å². The van der Waals surface area contributed by atoms with E-state index in [2.05, 4.69) is 21.2 Å². The van der Waals surface area contributed by atoms with Crippen LogP contribution in [-0.2, 0) is 4.79 Å². The molecule has 0 saturated heterocycles. The van der Waals surface area contributed by atoms with Crippen LogP contribution in [0.5, 0.6) is 0 Å². The molecule has 1 aromatic carbocycles. The predicted molar refractivity (Wildman–Crippen MR) is 67.3 cm³/mol. The first-order valence-electron chi connectivity index (χ1n) is 5.00. The molecule has 84 valence electrons. The van der Waals surface area contributed by atoms with Crippen LogP contribution in [0.3, 0.4) is 0 Å². The summed E-state index contributed by atoms with van der Waals surface area (Å²) in [4.78, 5) is 11.5. The van der Waals surface area contributed by atoms with E-state index in [-0.39, 0.29) is 16.7 Å². The number of hydrogen-bond donors (Lipinski definition) is 1. The topological polar surface area (TPSA) is 52.9 Å². The Morgan fingerprint density at radius 1 is 1.44 bits per heavy atom. The number of nitrogens with one attached hydrogen (secondary N) is 1. The molecule has 0 aliphatic carbocycles. The van der Waals surface area contributed by atoms with Crippen LogP contribution in [0.15, 0.2) is 24.3 Å². The number of benzene rings is 1. The van der Waals surface area contributed by atoms with Crippen molar-refractivity contribution < 1.29 is 4.79 Å². The van der Waals surface area contributed by atoms with Crippen LogP contribution < -0.4 is 5.32 Å². The summed E-state index contributed by atoms with van der Waals surface area (Å²) in [5.74, 6) is 0.0759. The number of amides is 1. The Morgan fingerprint density at radius 3 is 2.62 bits per heavy atom. The highest BCUT2D eigenvalue weighted by Gasteiger charge is 2.19. The third-order valence-electron chi connectivity index (χ3n) is 2.14. The normalized spacial score (nSPS) is 11.9. The Hall–Kier alpha value is -1.34. The summed E-state index contributed by atoms with van der Waals surface area (Å²) in [5.41, 5.74) is 1.03. The summed E-state index contributed by atoms with van der Waals surface area (Å²) < 4.78 is 0. The van der Waals surface area contributed by atoms with Crippen molar-refractivity contribution >= 4 is 27.5 Å². The molecule has 1 N–H and O–H groups in total. The van der Waals surface area contributed by atoms with Crippen LogP contribution in [0.4, 0.5) is 5.69 Å². The lowest BCUT2D eigenvalue weighted by Crippen LogP contribution is -2.27. The van der Waals surface area contributed by atoms with Crippen LogP contribution in [0.1, 0.15) is 19.4 Å². The number of nitrogens with zero attached hydrogens (tertiary/aromatic N) is 1. The average molecular weight is 281 g/mol. The number of hydrogen-bond acceptors (Lipinski definition) is 2. The molecule has 0 bridgehead atoms. The highest BCUT2D eigenvalue weighted by molar-refractivity contribution is 9.10. The molecule has 16 heavy (non-hydrogen) atoms. The van der Waals surface area contributed by atoms with Gasteiger partial charge in [-0.25, -0.2) is 0 Å². The van der Waals surface area contributed by atoms with E-state index in [1.807, 2.05) is 19.9 Å². The zero-order chi connectivity index (χ0) is 12.1. The number of halogens is 1. The van der Waals surface area contributed by atoms with Gasteiger partial charge in [0.25, 0.3) is 0 Å². The van der Waals surface area contributed by atoms with Gasteiger partial charge in [-0.15, -0.1) is 0 Å². The fourth-order valence-electron chi connectivity index (χ4n) is 1.19. The number of alkyl halides is 1. The van der Waals surface area contributed by atoms with Gasteiger partial charge in [-0.2, -0.15) is 5.26 Å². The van der Waals surface area contributed by atoms with Gasteiger partial charge in [-0.1, -0.05) is 41.9 Å². The van der Waals surface area contributed by atoms with Gasteiger partial charge in [0.1, 0.15) is 6.07 Å². The largest absolute Gasteiger partial charge is 0.324 e. The van der Waals surface area contributed by atoms with Gasteiger partial charge in [0.15, 0.2) is 0 Å². The first kappa shape index (κ1) is 12.7. The molecule has 4 heteroatoms. The molecule has 0 radical (unpaired) electrons. The standard InChI is InChI=1S/C12H13BrN2O/c1-8(2)11(13)12(16)15-10-6-4-3-5-9(10)7-14/h3-6,8,11H,1-2H3,(H,15,16). The highest BCUT2D eigenvalue weighted by Crippen LogP contribution is 2.18. The van der Waals surface area contributed by atoms with E-state index in [4.69, 9.17) is 5.26 Å². The summed E-state index contributed by atoms with van der Waals surface area (Å²) in [5, 5.41) is 11.6. The van der Waals surface area contributed by atoms with Crippen molar-refractivity contribution in [3.8, 4) is 6.07 Å². The van der Waals surface area contributed by atoms with Gasteiger partial charge in [0, 0.05) is 0 Å². The van der Waals surface area contributed by atoms with Crippen molar-refractivity contribution in [3.05, 3.63) is 29.8 Å². The van der Waals surface area contributed by atoms with Crippen molar-refractivity contribution in [3.63, 3.8) is 0 Å². The lowest BCUT2D eigenvalue weighted by atomic mass is 10.1. The summed E-state index contributed by atoms with van der Waals surface area (Å²) in [6, 6.07) is 8.99. The molecule has 0 aliphatic heterocycles. The van der Waals surface area contributed by atoms with E-state index in [0.717, 1.165) is 0 Å². The predicted octanol–water partition coefficient (Wildman–Crippen LogP) is 2.92. The first-order valence-corrected chi connectivity index (χ1v) is 5.92. The van der Waals surface area contributed by atoms with E-state index in [1.54, 1.807) is 24.3 Å². The molecule has 1 atom stereocenters. The monoisotopic (exact) mass is 280 g/mol. The smallest absolute Gasteiger partial charge is 0.238 e. The zero-order valence-electron chi connectivity index (χ0n) is 9.20. The van der Waals surface area contributed by atoms with Gasteiger partial charge >= 0.3 is 0 Å². The fraction of sp³-hybridized carbons (Fsp3) is 0.333. The summed E-state index contributed by atoms with van der Waals surface area (Å²) in [6.45, 7) is 3.91. The Morgan fingerprint density at radius 2 is 2.06 bits per heavy atom. The van der Waals surface area contributed by atoms with Gasteiger partial charge in [0.05, 0.1) is 16.1 Å². The summed E-state index contributed by atoms with van der Waals surface area (Å²) >= 11 is 3.32. The van der Waals surface area contributed by atoms with Crippen molar-refractivity contribution in [2.24, 2.45) is 5.92 Å². The van der Waals surface area contributed by atoms with Gasteiger partial charge in [0.2, 0.25) is 5.91 Å². The van der Waals surface area contributed by atoms with E-state index in [9.17, 15) is 4.79 Å². The van der Waals surface area contributed by atoms with Crippen LogP contribution in [0.2, 0.25) is 0 Å². The fourth-order valence-corrected chi connectivity index (χ4v) is 1.31. The Kier molecular flexibility index (Phi) is 4.51. The Labute approximate surface area is 104 Å². The summed E-state index contributed by atoms with van der Waals surface area (Å²) in [7, 11) is 0. The first-order chi connectivity index (χ1) is 7.56. The van der Waals surface area contributed by atoms with Gasteiger partial charge in [-0.05, 0) is 18.1 Å². The van der Waals surface area contributed by atoms with Crippen LogP contribution in [0, 0.1) is 17.2 Å². The number of anilines is 1. The maximum absolute atomic E-state index is 11.8. The molecule has 3 nitrogen and oxygen atoms in total. The second-order valence-electron chi connectivity index (χ2n) is 3.79. The van der Waals surface area contributed by atoms with Crippen molar-refractivity contribution in [1.82, 2.24) is 0 Å². The van der Waals surface area contributed by atoms with Crippen LogP contribution in [-0.4, -0.2) is 10.7 Å². The van der Waals surface area contributed by atoms with E-state index < -0.39 is 0 Å². The molecule has 1 rings (SSSR count). The highest BCUT2D eigenvalue weighted by atomic mass is 79.9. The van der Waals surface area contributed by atoms with Gasteiger partial charge in [-0.3, -0.25) is 4.79 Å². The molecule has 0 saturated carbocycles. The van der Waals surface area contributed by atoms with Crippen LogP contribution >= 0.6 is 15.9 Å². The van der Waals surface area contributed by atoms with Crippen LogP contribution in [0.25, 0.3) is 0 Å². The number of nitriles is 1. The molecule has 0 aliphatic rings. The lowest BCUT2D eigenvalue weighted by Gasteiger charge is -2.14. The third kappa shape index (κ3) is 3.07. The van der Waals surface area contributed by atoms with E-state index in [0.29, 0.717) is 11.3 Å². The molecule has 0 spiro atoms. The second kappa shape index (κ2) is 5.66. The maximum atomic E-state index is 11.8. The number of carbonyl (C=O) groups is 1. The quantitative estimate of drug-likeness (QED) is 0.866. The zero-order valence-corrected chi connectivity index (χ0v) is 10.8. The van der Waals surface area contributed by atoms with Crippen molar-refractivity contribution in [2.75, 3.05) is 5.32 Å². The molecule has 0 aromatic heterocycles. The van der Waals surface area contributed by atoms with Crippen molar-refractivity contribution in [2.45, 2.75) is 18.7 Å². The van der Waals surface area contributed by atoms with Crippen molar-refractivity contribution in [1.29, 1.82) is 5.26 Å². The number of rotatable bonds is 3. The molecule has 1 aromatic rings.